The molecule has 0 atom stereocenters. The Balaban J connectivity index is 0.000000517. The van der Waals surface area contributed by atoms with Gasteiger partial charge in [0, 0.05) is 161 Å². The van der Waals surface area contributed by atoms with E-state index in [9.17, 15) is 14.7 Å². The summed E-state index contributed by atoms with van der Waals surface area (Å²) >= 11 is 9.43. The SMILES string of the molecule is C.C.CC(=O)OCC1c2ccccc2-c2ccccc21.NCc1cccc(CO)c1.O=C(NCc1cccc(CO)c1)OCC1c2ccccc2-c2ccccc21.O=CO[O-].S=S=S=S=S=S=S=S=S=S=S=S=S=S.[Na+]. The van der Waals surface area contributed by atoms with Gasteiger partial charge < -0.3 is 40.9 Å². The summed E-state index contributed by atoms with van der Waals surface area (Å²) in [4.78, 5) is 34.4. The van der Waals surface area contributed by atoms with E-state index in [0.717, 1.165) is 22.3 Å². The molecular weight excluding hydrogens is 1240 g/mol. The topological polar surface area (TPSA) is 180 Å². The van der Waals surface area contributed by atoms with Crippen molar-refractivity contribution in [2.24, 2.45) is 5.73 Å². The molecule has 0 saturated heterocycles. The van der Waals surface area contributed by atoms with Crippen molar-refractivity contribution < 1.29 is 73.8 Å². The van der Waals surface area contributed by atoms with Crippen molar-refractivity contribution in [3.8, 4) is 22.3 Å². The standard InChI is InChI=1S/C23H21NO3.C16H14O2.C8H11NO.CH2O3.2CH4.Na.S14/c25-14-17-7-5-6-16(12-17)13-24-23(26)27-15-22-20-10-3-1-8-18(20)19-9-2-4-11-21(19)22;1-11(17)18-10-16-14-8-4-2-6-12(14)13-7-3-5-9-15(13)16;9-5-7-2-1-3-8(4-7)6-10;2-1-4-3;;;;1-3-5-7-9-11-13-14-12-10-8-6-4-2/h1-12,22,25H,13-15H2,(H,24,26);2-9,16H,10H2,1H3;1-4,10H,5-6,9H2;1,3H;2*1H4;;/q;;;;;;+1;/p-1. The second-order valence-electron chi connectivity index (χ2n) is 14.4. The van der Waals surface area contributed by atoms with E-state index in [4.69, 9.17) is 52.7 Å². The van der Waals surface area contributed by atoms with E-state index >= 15 is 0 Å². The van der Waals surface area contributed by atoms with Crippen molar-refractivity contribution >= 4 is 147 Å². The van der Waals surface area contributed by atoms with E-state index < -0.39 is 6.09 Å². The van der Waals surface area contributed by atoms with Crippen molar-refractivity contribution in [3.05, 3.63) is 190 Å². The molecule has 6 aromatic carbocycles. The predicted molar refractivity (Wildman–Crippen MR) is 339 cm³/mol. The average Bonchev–Trinajstić information content (AvgIpc) is 3.94. The molecule has 0 saturated carbocycles. The number of fused-ring (bicyclic) bond motifs is 6. The molecule has 76 heavy (non-hydrogen) atoms. The molecule has 0 fully saturated rings. The summed E-state index contributed by atoms with van der Waals surface area (Å²) in [5.74, 6) is -0.000899. The molecule has 8 rings (SSSR count). The van der Waals surface area contributed by atoms with Gasteiger partial charge in [-0.2, -0.15) is 0 Å². The first-order valence-corrected chi connectivity index (χ1v) is 38.5. The first kappa shape index (κ1) is 71.5. The number of rotatable bonds is 10. The molecule has 0 radical (unpaired) electrons. The zero-order valence-electron chi connectivity index (χ0n) is 39.4. The summed E-state index contributed by atoms with van der Waals surface area (Å²) in [6, 6.07) is 48.3. The van der Waals surface area contributed by atoms with Crippen LogP contribution in [0, 0.1) is 0 Å². The van der Waals surface area contributed by atoms with Crippen molar-refractivity contribution in [2.45, 2.75) is 59.9 Å². The number of ether oxygens (including phenoxy) is 2. The van der Waals surface area contributed by atoms with Gasteiger partial charge in [0.1, 0.15) is 13.2 Å². The summed E-state index contributed by atoms with van der Waals surface area (Å²) in [5, 5.41) is 29.1. The van der Waals surface area contributed by atoms with Crippen molar-refractivity contribution in [3.63, 3.8) is 0 Å². The van der Waals surface area contributed by atoms with Crippen LogP contribution in [0.3, 0.4) is 0 Å². The van der Waals surface area contributed by atoms with E-state index in [1.807, 2.05) is 97.1 Å². The number of carbonyl (C=O) groups is 3. The Morgan fingerprint density at radius 2 is 0.895 bits per heavy atom. The molecule has 0 aromatic heterocycles. The summed E-state index contributed by atoms with van der Waals surface area (Å²) in [6.45, 7) is 2.97. The van der Waals surface area contributed by atoms with Crippen LogP contribution in [0.5, 0.6) is 0 Å². The van der Waals surface area contributed by atoms with Gasteiger partial charge >= 0.3 is 41.6 Å². The number of nitrogens with two attached hydrogens (primary N) is 1. The van der Waals surface area contributed by atoms with Crippen LogP contribution in [-0.2, 0) is 179 Å². The third kappa shape index (κ3) is 25.3. The number of amides is 1. The van der Waals surface area contributed by atoms with Gasteiger partial charge in [0.25, 0.3) is 6.47 Å². The average molecular weight is 1300 g/mol. The number of aliphatic hydroxyl groups excluding tert-OH is 2. The minimum Gasteiger partial charge on any atom is -0.662 e. The number of hydrogen-bond donors (Lipinski definition) is 4. The fourth-order valence-electron chi connectivity index (χ4n) is 7.27. The van der Waals surface area contributed by atoms with Crippen LogP contribution in [-0.4, -0.2) is 42.0 Å². The van der Waals surface area contributed by atoms with Crippen LogP contribution in [0.2, 0.25) is 0 Å². The number of alkyl carbamates (subject to hydrolysis) is 1. The number of carbonyl (C=O) groups excluding carboxylic acids is 3. The van der Waals surface area contributed by atoms with Crippen LogP contribution >= 0.6 is 0 Å². The number of nitrogens with one attached hydrogen (secondary N) is 1. The first-order valence-electron chi connectivity index (χ1n) is 21.2. The molecule has 0 unspecified atom stereocenters. The first-order chi connectivity index (χ1) is 35.7. The fraction of sp³-hybridized carbons (Fsp3) is 0.220. The van der Waals surface area contributed by atoms with Crippen LogP contribution in [0.1, 0.15) is 78.1 Å². The van der Waals surface area contributed by atoms with Crippen molar-refractivity contribution in [2.75, 3.05) is 13.2 Å². The molecule has 6 aromatic rings. The molecule has 1 amide bonds. The second kappa shape index (κ2) is 43.3. The summed E-state index contributed by atoms with van der Waals surface area (Å²) in [5.41, 5.74) is 18.9. The quantitative estimate of drug-likeness (QED) is 0.0481. The third-order valence-electron chi connectivity index (χ3n) is 10.1. The minimum absolute atomic E-state index is 0. The van der Waals surface area contributed by atoms with E-state index in [-0.39, 0.29) is 81.9 Å². The molecule has 11 nitrogen and oxygen atoms in total. The molecule has 0 bridgehead atoms. The molecule has 0 heterocycles. The fourth-order valence-corrected chi connectivity index (χ4v) is 34.7. The smallest absolute Gasteiger partial charge is 0.662 e. The van der Waals surface area contributed by atoms with Gasteiger partial charge in [-0.3, -0.25) is 9.59 Å². The molecule has 0 aliphatic heterocycles. The largest absolute Gasteiger partial charge is 1.00 e. The Morgan fingerprint density at radius 1 is 0.566 bits per heavy atom. The third-order valence-corrected chi connectivity index (χ3v) is 34.6. The molecule has 0 spiro atoms. The second-order valence-corrected chi connectivity index (χ2v) is 35.6. The zero-order valence-corrected chi connectivity index (χ0v) is 52.8. The van der Waals surface area contributed by atoms with E-state index in [1.165, 1.54) is 69.2 Å². The van der Waals surface area contributed by atoms with Crippen LogP contribution in [0.15, 0.2) is 146 Å². The van der Waals surface area contributed by atoms with Gasteiger partial charge in [-0.25, -0.2) is 4.79 Å². The Labute approximate surface area is 511 Å². The van der Waals surface area contributed by atoms with Gasteiger partial charge in [-0.1, -0.05) is 160 Å². The van der Waals surface area contributed by atoms with E-state index in [1.54, 1.807) is 88.8 Å². The molecule has 2 aliphatic rings. The Kier molecular flexibility index (Phi) is 40.7. The zero-order chi connectivity index (χ0) is 52.5. The van der Waals surface area contributed by atoms with Gasteiger partial charge in [0.2, 0.25) is 0 Å². The molecule has 404 valence electrons. The molecule has 5 N–H and O–H groups in total. The van der Waals surface area contributed by atoms with E-state index in [2.05, 4.69) is 58.7 Å². The van der Waals surface area contributed by atoms with Gasteiger partial charge in [0.05, 0.1) is 13.2 Å². The Morgan fingerprint density at radius 3 is 1.24 bits per heavy atom. The predicted octanol–water partition coefficient (Wildman–Crippen LogP) is 4.89. The molecular formula is C50H55N2NaO9S14. The Hall–Kier alpha value is -2.55. The maximum absolute atomic E-state index is 12.2. The van der Waals surface area contributed by atoms with Crippen molar-refractivity contribution in [1.82, 2.24) is 5.32 Å². The maximum Gasteiger partial charge on any atom is 1.00 e. The van der Waals surface area contributed by atoms with Gasteiger partial charge in [0.15, 0.2) is 0 Å². The number of hydrogen-bond acceptors (Lipinski definition) is 12. The summed E-state index contributed by atoms with van der Waals surface area (Å²) in [7, 11) is 19.9. The van der Waals surface area contributed by atoms with Crippen LogP contribution in [0.25, 0.3) is 22.3 Å². The summed E-state index contributed by atoms with van der Waals surface area (Å²) in [6.07, 6.45) is -0.439. The van der Waals surface area contributed by atoms with Crippen molar-refractivity contribution in [1.29, 1.82) is 0 Å². The van der Waals surface area contributed by atoms with E-state index in [0.29, 0.717) is 26.3 Å². The van der Waals surface area contributed by atoms with Crippen LogP contribution in [0.4, 0.5) is 4.79 Å². The molecule has 2 aliphatic carbocycles. The van der Waals surface area contributed by atoms with Crippen LogP contribution < -0.4 is 45.9 Å². The Bertz CT molecular complexity index is 3210. The van der Waals surface area contributed by atoms with Gasteiger partial charge in [-0.05, 0) is 66.8 Å². The molecule has 26 heteroatoms. The number of esters is 1. The maximum atomic E-state index is 12.2. The number of aliphatic hydroxyl groups is 2. The van der Waals surface area contributed by atoms with Gasteiger partial charge in [-0.15, -0.1) is 0 Å². The summed E-state index contributed by atoms with van der Waals surface area (Å²) < 4.78 is 10.7. The minimum atomic E-state index is -0.439. The normalized spacial score (nSPS) is 10.3. The monoisotopic (exact) mass is 1300 g/mol. The number of benzene rings is 6.